The first-order valence-electron chi connectivity index (χ1n) is 20.5. The Bertz CT molecular complexity index is 1950. The Labute approximate surface area is 327 Å². The molecule has 0 aliphatic carbocycles. The maximum atomic E-state index is 12.8. The number of hydrogen-bond acceptors (Lipinski definition) is 2. The van der Waals surface area contributed by atoms with Gasteiger partial charge in [-0.25, -0.2) is 0 Å². The number of hydrogen-bond donors (Lipinski definition) is 1. The Balaban J connectivity index is 1.44. The number of ether oxygens (including phenoxy) is 1. The van der Waals surface area contributed by atoms with Gasteiger partial charge in [0.15, 0.2) is 12.7 Å². The summed E-state index contributed by atoms with van der Waals surface area (Å²) in [4.78, 5) is 0. The SMILES string of the molecule is C=C[C@H]1C[N@+]2(Cc3cc(C(C)(C)C)cc(C(C)(C)C)c3)CC[C@H]1C[C@@H]2[C@@H](O)c1cc[n+](Cc2cc(C(C)(C)C)cc(C(C)(C)C)c2)c2ccc(OC)cc12. The molecule has 290 valence electrons. The third kappa shape index (κ3) is 8.07. The van der Waals surface area contributed by atoms with Crippen LogP contribution in [0.5, 0.6) is 5.75 Å². The van der Waals surface area contributed by atoms with Crippen LogP contribution in [0.4, 0.5) is 0 Å². The first-order valence-corrected chi connectivity index (χ1v) is 20.5. The van der Waals surface area contributed by atoms with Crippen molar-refractivity contribution in [3.05, 3.63) is 118 Å². The van der Waals surface area contributed by atoms with E-state index in [0.29, 0.717) is 11.8 Å². The molecule has 0 unspecified atom stereocenters. The second-order valence-electron chi connectivity index (χ2n) is 21.1. The summed E-state index contributed by atoms with van der Waals surface area (Å²) in [5.74, 6) is 1.83. The predicted octanol–water partition coefficient (Wildman–Crippen LogP) is 11.0. The molecule has 3 saturated heterocycles. The van der Waals surface area contributed by atoms with Gasteiger partial charge in [0.05, 0.1) is 25.6 Å². The van der Waals surface area contributed by atoms with Crippen LogP contribution in [0.2, 0.25) is 0 Å². The fourth-order valence-corrected chi connectivity index (χ4v) is 9.31. The van der Waals surface area contributed by atoms with E-state index >= 15 is 0 Å². The molecule has 1 aromatic heterocycles. The number of aliphatic hydroxyl groups is 1. The first-order chi connectivity index (χ1) is 25.0. The van der Waals surface area contributed by atoms with Gasteiger partial charge in [0.2, 0.25) is 5.52 Å². The Hall–Kier alpha value is -3.47. The minimum atomic E-state index is -0.618. The lowest BCUT2D eigenvalue weighted by atomic mass is 9.71. The van der Waals surface area contributed by atoms with Gasteiger partial charge in [0, 0.05) is 47.6 Å². The molecule has 0 radical (unpaired) electrons. The maximum Gasteiger partial charge on any atom is 0.213 e. The number of aromatic nitrogens is 1. The lowest BCUT2D eigenvalue weighted by Crippen LogP contribution is -2.67. The highest BCUT2D eigenvalue weighted by Gasteiger charge is 2.54. The number of aliphatic hydroxyl groups excluding tert-OH is 1. The minimum absolute atomic E-state index is 0.0463. The average Bonchev–Trinajstić information content (AvgIpc) is 3.09. The summed E-state index contributed by atoms with van der Waals surface area (Å²) < 4.78 is 9.06. The molecule has 3 aliphatic heterocycles. The van der Waals surface area contributed by atoms with Crippen molar-refractivity contribution < 1.29 is 18.9 Å². The summed E-state index contributed by atoms with van der Waals surface area (Å²) in [6, 6.07) is 23.2. The third-order valence-electron chi connectivity index (χ3n) is 12.9. The summed E-state index contributed by atoms with van der Waals surface area (Å²) in [6.07, 6.45) is 5.98. The van der Waals surface area contributed by atoms with Gasteiger partial charge in [0.1, 0.15) is 24.4 Å². The van der Waals surface area contributed by atoms with E-state index in [4.69, 9.17) is 4.74 Å². The monoisotopic (exact) mass is 731 g/mol. The van der Waals surface area contributed by atoms with Crippen molar-refractivity contribution in [2.24, 2.45) is 11.8 Å². The Morgan fingerprint density at radius 1 is 0.778 bits per heavy atom. The van der Waals surface area contributed by atoms with Crippen LogP contribution in [-0.4, -0.2) is 35.8 Å². The molecule has 7 rings (SSSR count). The summed E-state index contributed by atoms with van der Waals surface area (Å²) >= 11 is 0. The van der Waals surface area contributed by atoms with Crippen LogP contribution in [0.3, 0.4) is 0 Å². The highest BCUT2D eigenvalue weighted by Crippen LogP contribution is 2.48. The van der Waals surface area contributed by atoms with E-state index in [9.17, 15) is 5.11 Å². The maximum absolute atomic E-state index is 12.8. The second-order valence-corrected chi connectivity index (χ2v) is 21.1. The van der Waals surface area contributed by atoms with E-state index < -0.39 is 6.10 Å². The van der Waals surface area contributed by atoms with Crippen LogP contribution in [0.15, 0.2) is 79.5 Å². The third-order valence-corrected chi connectivity index (χ3v) is 12.9. The molecule has 3 fully saturated rings. The molecule has 2 bridgehead atoms. The van der Waals surface area contributed by atoms with Crippen molar-refractivity contribution in [3.8, 4) is 5.75 Å². The number of benzene rings is 3. The quantitative estimate of drug-likeness (QED) is 0.111. The van der Waals surface area contributed by atoms with Crippen molar-refractivity contribution in [2.45, 2.75) is 143 Å². The van der Waals surface area contributed by atoms with Gasteiger partial charge in [-0.15, -0.1) is 6.58 Å². The molecule has 1 N–H and O–H groups in total. The zero-order valence-corrected chi connectivity index (χ0v) is 35.9. The van der Waals surface area contributed by atoms with Gasteiger partial charge in [-0.2, -0.15) is 4.57 Å². The van der Waals surface area contributed by atoms with Crippen LogP contribution in [0.25, 0.3) is 10.9 Å². The molecular weight excluding hydrogens is 661 g/mol. The van der Waals surface area contributed by atoms with Gasteiger partial charge < -0.3 is 14.3 Å². The fourth-order valence-electron chi connectivity index (χ4n) is 9.31. The lowest BCUT2D eigenvalue weighted by Gasteiger charge is -2.58. The molecule has 0 spiro atoms. The molecule has 54 heavy (non-hydrogen) atoms. The van der Waals surface area contributed by atoms with E-state index in [-0.39, 0.29) is 27.7 Å². The van der Waals surface area contributed by atoms with Crippen LogP contribution in [0.1, 0.15) is 141 Å². The van der Waals surface area contributed by atoms with E-state index in [1.54, 1.807) is 7.11 Å². The molecule has 3 aromatic carbocycles. The number of rotatable bonds is 8. The number of fused-ring (bicyclic) bond motifs is 4. The number of pyridine rings is 1. The van der Waals surface area contributed by atoms with Crippen molar-refractivity contribution in [3.63, 3.8) is 0 Å². The van der Waals surface area contributed by atoms with Crippen molar-refractivity contribution in [2.75, 3.05) is 20.2 Å². The molecule has 0 saturated carbocycles. The second kappa shape index (κ2) is 14.2. The molecular formula is C50H70N2O2+2. The van der Waals surface area contributed by atoms with E-state index in [1.807, 2.05) is 0 Å². The largest absolute Gasteiger partial charge is 0.497 e. The van der Waals surface area contributed by atoms with Crippen molar-refractivity contribution in [1.29, 1.82) is 0 Å². The standard InChI is InChI=1S/C50H70N2O2/c1-15-35-32-52(31-34-24-39(49(8,9)10)28-40(25-34)50(11,12)13)21-19-36(35)26-45(52)46(53)42-18-20-51(44-17-16-41(54-14)29-43(42)44)30-33-22-37(47(2,3)4)27-38(23-33)48(5,6)7/h15-18,20,22-25,27-29,35-36,45-46,53H,1,19,21,26,30-32H2,2-14H3/q+2/t35-,36-,45+,46-,52+/m0/s1. The van der Waals surface area contributed by atoms with Gasteiger partial charge in [-0.05, 0) is 86.2 Å². The van der Waals surface area contributed by atoms with Crippen LogP contribution in [0, 0.1) is 11.8 Å². The zero-order valence-electron chi connectivity index (χ0n) is 35.9. The zero-order chi connectivity index (χ0) is 39.6. The minimum Gasteiger partial charge on any atom is -0.497 e. The smallest absolute Gasteiger partial charge is 0.213 e. The topological polar surface area (TPSA) is 33.3 Å². The summed E-state index contributed by atoms with van der Waals surface area (Å²) in [6.45, 7) is 35.8. The van der Waals surface area contributed by atoms with Crippen LogP contribution >= 0.6 is 0 Å². The Morgan fingerprint density at radius 3 is 1.81 bits per heavy atom. The Kier molecular flexibility index (Phi) is 10.6. The molecule has 4 heterocycles. The summed E-state index contributed by atoms with van der Waals surface area (Å²) in [5, 5.41) is 13.9. The van der Waals surface area contributed by atoms with Gasteiger partial charge in [0.25, 0.3) is 0 Å². The van der Waals surface area contributed by atoms with Gasteiger partial charge in [-0.3, -0.25) is 0 Å². The van der Waals surface area contributed by atoms with E-state index in [1.165, 1.54) is 39.8 Å². The normalized spacial score (nSPS) is 22.7. The first kappa shape index (κ1) is 40.2. The number of quaternary nitrogens is 1. The van der Waals surface area contributed by atoms with Crippen LogP contribution in [-0.2, 0) is 34.7 Å². The number of nitrogens with zero attached hydrogens (tertiary/aromatic N) is 2. The number of methoxy groups -OCH3 is 1. The molecule has 4 aromatic rings. The van der Waals surface area contributed by atoms with Crippen LogP contribution < -0.4 is 9.30 Å². The molecule has 5 atom stereocenters. The lowest BCUT2D eigenvalue weighted by molar-refractivity contribution is -0.984. The van der Waals surface area contributed by atoms with Gasteiger partial charge in [-0.1, -0.05) is 101 Å². The highest BCUT2D eigenvalue weighted by molar-refractivity contribution is 5.81. The molecule has 4 heteroatoms. The molecule has 4 nitrogen and oxygen atoms in total. The predicted molar refractivity (Wildman–Crippen MR) is 226 cm³/mol. The summed E-state index contributed by atoms with van der Waals surface area (Å²) in [5.41, 5.74) is 10.5. The highest BCUT2D eigenvalue weighted by atomic mass is 16.5. The summed E-state index contributed by atoms with van der Waals surface area (Å²) in [7, 11) is 1.74. The Morgan fingerprint density at radius 2 is 1.31 bits per heavy atom. The average molecular weight is 731 g/mol. The molecule has 3 aliphatic rings. The van der Waals surface area contributed by atoms with Crippen molar-refractivity contribution in [1.82, 2.24) is 0 Å². The molecule has 0 amide bonds. The van der Waals surface area contributed by atoms with Gasteiger partial charge >= 0.3 is 0 Å². The van der Waals surface area contributed by atoms with E-state index in [0.717, 1.165) is 59.3 Å². The van der Waals surface area contributed by atoms with Crippen molar-refractivity contribution >= 4 is 10.9 Å². The van der Waals surface area contributed by atoms with E-state index in [2.05, 4.69) is 167 Å². The fraction of sp³-hybridized carbons (Fsp3) is 0.540. The number of piperidine rings is 3.